The van der Waals surface area contributed by atoms with E-state index in [1.807, 2.05) is 60.7 Å². The molecule has 2 saturated heterocycles. The van der Waals surface area contributed by atoms with Gasteiger partial charge in [0.05, 0.1) is 22.9 Å². The van der Waals surface area contributed by atoms with Crippen molar-refractivity contribution in [2.24, 2.45) is 5.92 Å². The molecule has 0 aliphatic carbocycles. The lowest BCUT2D eigenvalue weighted by Gasteiger charge is -2.29. The smallest absolute Gasteiger partial charge is 0.266 e. The van der Waals surface area contributed by atoms with Gasteiger partial charge in [-0.15, -0.1) is 0 Å². The van der Waals surface area contributed by atoms with Crippen molar-refractivity contribution < 1.29 is 14.4 Å². The number of para-hydroxylation sites is 2. The van der Waals surface area contributed by atoms with Crippen molar-refractivity contribution in [3.63, 3.8) is 0 Å². The van der Waals surface area contributed by atoms with Gasteiger partial charge in [0.2, 0.25) is 5.91 Å². The predicted molar refractivity (Wildman–Crippen MR) is 131 cm³/mol. The molecule has 3 atom stereocenters. The van der Waals surface area contributed by atoms with E-state index in [-0.39, 0.29) is 11.1 Å². The number of hydroxylamine groups is 1. The number of benzene rings is 3. The number of pyridine rings is 1. The predicted octanol–water partition coefficient (Wildman–Crippen LogP) is 5.59. The molecular weight excluding hydrogens is 473 g/mol. The van der Waals surface area contributed by atoms with Crippen LogP contribution in [0.2, 0.25) is 10.2 Å². The van der Waals surface area contributed by atoms with Gasteiger partial charge in [-0.1, -0.05) is 59.6 Å². The van der Waals surface area contributed by atoms with E-state index >= 15 is 0 Å². The summed E-state index contributed by atoms with van der Waals surface area (Å²) in [6, 6.07) is 24.8. The molecule has 0 bridgehead atoms. The number of rotatable bonds is 3. The van der Waals surface area contributed by atoms with E-state index in [0.717, 1.165) is 10.9 Å². The molecule has 168 valence electrons. The summed E-state index contributed by atoms with van der Waals surface area (Å²) in [4.78, 5) is 39.0. The highest BCUT2D eigenvalue weighted by Crippen LogP contribution is 2.49. The van der Waals surface area contributed by atoms with Crippen LogP contribution in [-0.4, -0.2) is 22.9 Å². The van der Waals surface area contributed by atoms with Crippen LogP contribution >= 0.6 is 23.2 Å². The van der Waals surface area contributed by atoms with Crippen LogP contribution in [0.25, 0.3) is 10.9 Å². The van der Waals surface area contributed by atoms with Gasteiger partial charge < -0.3 is 0 Å². The summed E-state index contributed by atoms with van der Waals surface area (Å²) >= 11 is 12.7. The summed E-state index contributed by atoms with van der Waals surface area (Å²) in [6.07, 6.45) is -0.990. The first kappa shape index (κ1) is 21.1. The zero-order valence-electron chi connectivity index (χ0n) is 17.6. The number of fused-ring (bicyclic) bond motifs is 2. The first-order valence-corrected chi connectivity index (χ1v) is 11.5. The van der Waals surface area contributed by atoms with E-state index in [0.29, 0.717) is 22.0 Å². The zero-order chi connectivity index (χ0) is 23.4. The Balaban J connectivity index is 1.49. The van der Waals surface area contributed by atoms with E-state index < -0.39 is 24.0 Å². The second kappa shape index (κ2) is 8.09. The van der Waals surface area contributed by atoms with Gasteiger partial charge in [0.15, 0.2) is 6.10 Å². The minimum atomic E-state index is -0.990. The number of carbonyl (C=O) groups is 2. The van der Waals surface area contributed by atoms with Crippen LogP contribution in [0.1, 0.15) is 11.6 Å². The molecule has 0 spiro atoms. The molecule has 6 nitrogen and oxygen atoms in total. The SMILES string of the molecule is O=C1[C@H]2[C@@H](c3cc4ccccc4nc3Cl)N(c3ccccc3)O[C@H]2C(=O)N1c1ccc(Cl)cc1. The maximum absolute atomic E-state index is 13.7. The molecule has 0 N–H and O–H groups in total. The number of halogens is 2. The lowest BCUT2D eigenvalue weighted by atomic mass is 9.90. The molecule has 8 heteroatoms. The standard InChI is InChI=1S/C26H17Cl2N3O3/c27-16-10-12-17(13-11-16)30-25(32)21-22(19-14-15-6-4-5-9-20(15)29-24(19)28)31(34-23(21)26(30)33)18-7-2-1-3-8-18/h1-14,21-23H/t21-,22+,23+/m0/s1. The molecule has 2 fully saturated rings. The van der Waals surface area contributed by atoms with Crippen LogP contribution < -0.4 is 9.96 Å². The van der Waals surface area contributed by atoms with Gasteiger partial charge in [0, 0.05) is 16.0 Å². The first-order chi connectivity index (χ1) is 16.5. The van der Waals surface area contributed by atoms with Gasteiger partial charge in [-0.25, -0.2) is 14.9 Å². The molecule has 2 aliphatic heterocycles. The normalized spacial score (nSPS) is 22.0. The third kappa shape index (κ3) is 3.26. The highest BCUT2D eigenvalue weighted by Gasteiger charge is 2.60. The van der Waals surface area contributed by atoms with Crippen molar-refractivity contribution in [3.05, 3.63) is 101 Å². The fourth-order valence-electron chi connectivity index (χ4n) is 4.69. The van der Waals surface area contributed by atoms with Crippen molar-refractivity contribution in [2.75, 3.05) is 9.96 Å². The Labute approximate surface area is 205 Å². The number of amides is 2. The molecule has 3 aromatic carbocycles. The van der Waals surface area contributed by atoms with Crippen molar-refractivity contribution in [3.8, 4) is 0 Å². The fraction of sp³-hybridized carbons (Fsp3) is 0.115. The lowest BCUT2D eigenvalue weighted by molar-refractivity contribution is -0.126. The zero-order valence-corrected chi connectivity index (χ0v) is 19.1. The van der Waals surface area contributed by atoms with Gasteiger partial charge in [-0.2, -0.15) is 0 Å². The van der Waals surface area contributed by atoms with Gasteiger partial charge in [-0.05, 0) is 48.5 Å². The van der Waals surface area contributed by atoms with Gasteiger partial charge in [0.1, 0.15) is 11.1 Å². The van der Waals surface area contributed by atoms with Crippen LogP contribution in [0.4, 0.5) is 11.4 Å². The molecular formula is C26H17Cl2N3O3. The Kier molecular flexibility index (Phi) is 5.03. The summed E-state index contributed by atoms with van der Waals surface area (Å²) in [7, 11) is 0. The van der Waals surface area contributed by atoms with Gasteiger partial charge in [0.25, 0.3) is 5.91 Å². The Bertz CT molecular complexity index is 1430. The highest BCUT2D eigenvalue weighted by molar-refractivity contribution is 6.31. The topological polar surface area (TPSA) is 62.7 Å². The largest absolute Gasteiger partial charge is 0.273 e. The molecule has 3 heterocycles. The van der Waals surface area contributed by atoms with E-state index in [1.165, 1.54) is 4.90 Å². The molecule has 2 aliphatic rings. The lowest BCUT2D eigenvalue weighted by Crippen LogP contribution is -2.37. The Morgan fingerprint density at radius 1 is 0.794 bits per heavy atom. The summed E-state index contributed by atoms with van der Waals surface area (Å²) in [5.41, 5.74) is 2.53. The monoisotopic (exact) mass is 489 g/mol. The second-order valence-corrected chi connectivity index (χ2v) is 9.00. The minimum absolute atomic E-state index is 0.263. The van der Waals surface area contributed by atoms with Crippen LogP contribution in [0, 0.1) is 5.92 Å². The summed E-state index contributed by atoms with van der Waals surface area (Å²) in [5, 5.41) is 3.27. The molecule has 34 heavy (non-hydrogen) atoms. The molecule has 0 unspecified atom stereocenters. The number of aromatic nitrogens is 1. The van der Waals surface area contributed by atoms with E-state index in [4.69, 9.17) is 28.0 Å². The Morgan fingerprint density at radius 3 is 2.26 bits per heavy atom. The summed E-state index contributed by atoms with van der Waals surface area (Å²) in [6.45, 7) is 0. The number of carbonyl (C=O) groups excluding carboxylic acids is 2. The number of hydrogen-bond donors (Lipinski definition) is 0. The maximum atomic E-state index is 13.7. The van der Waals surface area contributed by atoms with Crippen LogP contribution in [0.3, 0.4) is 0 Å². The summed E-state index contributed by atoms with van der Waals surface area (Å²) in [5.74, 6) is -1.58. The second-order valence-electron chi connectivity index (χ2n) is 8.21. The molecule has 2 amide bonds. The number of imide groups is 1. The minimum Gasteiger partial charge on any atom is -0.273 e. The van der Waals surface area contributed by atoms with Gasteiger partial charge >= 0.3 is 0 Å². The molecule has 6 rings (SSSR count). The molecule has 0 saturated carbocycles. The average Bonchev–Trinajstić information content (AvgIpc) is 3.36. The van der Waals surface area contributed by atoms with Crippen molar-refractivity contribution in [1.29, 1.82) is 0 Å². The van der Waals surface area contributed by atoms with E-state index in [2.05, 4.69) is 4.98 Å². The fourth-order valence-corrected chi connectivity index (χ4v) is 5.07. The van der Waals surface area contributed by atoms with Crippen LogP contribution in [0.15, 0.2) is 84.9 Å². The third-order valence-electron chi connectivity index (χ3n) is 6.23. The molecule has 1 aromatic heterocycles. The molecule has 4 aromatic rings. The van der Waals surface area contributed by atoms with Crippen molar-refractivity contribution >= 4 is 57.3 Å². The summed E-state index contributed by atoms with van der Waals surface area (Å²) < 4.78 is 0. The van der Waals surface area contributed by atoms with E-state index in [1.54, 1.807) is 29.3 Å². The van der Waals surface area contributed by atoms with Crippen molar-refractivity contribution in [2.45, 2.75) is 12.1 Å². The molecule has 0 radical (unpaired) electrons. The van der Waals surface area contributed by atoms with Crippen LogP contribution in [0.5, 0.6) is 0 Å². The number of nitrogens with zero attached hydrogens (tertiary/aromatic N) is 3. The van der Waals surface area contributed by atoms with Gasteiger partial charge in [-0.3, -0.25) is 14.4 Å². The van der Waals surface area contributed by atoms with Crippen LogP contribution in [-0.2, 0) is 14.4 Å². The maximum Gasteiger partial charge on any atom is 0.266 e. The number of anilines is 2. The van der Waals surface area contributed by atoms with E-state index in [9.17, 15) is 9.59 Å². The third-order valence-corrected chi connectivity index (χ3v) is 6.79. The number of hydrogen-bond acceptors (Lipinski definition) is 5. The van der Waals surface area contributed by atoms with Crippen molar-refractivity contribution in [1.82, 2.24) is 4.98 Å². The Morgan fingerprint density at radius 2 is 1.50 bits per heavy atom. The average molecular weight is 490 g/mol. The quantitative estimate of drug-likeness (QED) is 0.277. The highest BCUT2D eigenvalue weighted by atomic mass is 35.5. The Hall–Kier alpha value is -3.45. The first-order valence-electron chi connectivity index (χ1n) is 10.7.